The zero-order valence-electron chi connectivity index (χ0n) is 17.9. The van der Waals surface area contributed by atoms with Crippen molar-refractivity contribution in [1.29, 1.82) is 0 Å². The smallest absolute Gasteiger partial charge is 0.254 e. The lowest BCUT2D eigenvalue weighted by Gasteiger charge is -2.14. The van der Waals surface area contributed by atoms with Crippen LogP contribution >= 0.6 is 0 Å². The molecule has 1 aromatic carbocycles. The number of aromatic nitrogens is 1. The summed E-state index contributed by atoms with van der Waals surface area (Å²) in [6.45, 7) is 9.54. The van der Waals surface area contributed by atoms with Gasteiger partial charge in [-0.25, -0.2) is 0 Å². The molecule has 0 saturated heterocycles. The molecule has 2 rings (SSSR count). The van der Waals surface area contributed by atoms with Gasteiger partial charge in [0.2, 0.25) is 0 Å². The van der Waals surface area contributed by atoms with Crippen molar-refractivity contribution >= 4 is 5.71 Å². The molecular formula is C22H30N2O5. The topological polar surface area (TPSA) is 75.3 Å². The monoisotopic (exact) mass is 402 g/mol. The summed E-state index contributed by atoms with van der Waals surface area (Å²) in [5.41, 5.74) is 2.74. The van der Waals surface area contributed by atoms with Gasteiger partial charge in [0.1, 0.15) is 30.9 Å². The van der Waals surface area contributed by atoms with E-state index in [-0.39, 0.29) is 0 Å². The molecule has 0 spiro atoms. The number of allylic oxidation sites excluding steroid dienone is 1. The highest BCUT2D eigenvalue weighted by Gasteiger charge is 2.09. The van der Waals surface area contributed by atoms with Crippen LogP contribution in [-0.2, 0) is 4.84 Å². The molecule has 2 aromatic rings. The molecule has 0 amide bonds. The van der Waals surface area contributed by atoms with Gasteiger partial charge in [0.25, 0.3) is 5.88 Å². The van der Waals surface area contributed by atoms with E-state index in [2.05, 4.69) is 10.3 Å². The Balaban J connectivity index is 1.72. The van der Waals surface area contributed by atoms with Gasteiger partial charge in [-0.1, -0.05) is 17.3 Å². The third-order valence-electron chi connectivity index (χ3n) is 4.12. The maximum atomic E-state index is 5.97. The van der Waals surface area contributed by atoms with Crippen molar-refractivity contribution in [2.75, 3.05) is 26.9 Å². The Morgan fingerprint density at radius 3 is 2.41 bits per heavy atom. The molecule has 0 aliphatic heterocycles. The molecule has 1 aromatic heterocycles. The fraction of sp³-hybridized carbons (Fsp3) is 0.455. The molecule has 0 radical (unpaired) electrons. The molecule has 7 nitrogen and oxygen atoms in total. The second kappa shape index (κ2) is 11.8. The minimum Gasteiger partial charge on any atom is -0.493 e. The van der Waals surface area contributed by atoms with Gasteiger partial charge in [0.05, 0.1) is 19.3 Å². The largest absolute Gasteiger partial charge is 0.493 e. The Hall–Kier alpha value is -2.96. The zero-order chi connectivity index (χ0) is 21.1. The summed E-state index contributed by atoms with van der Waals surface area (Å²) >= 11 is 0. The number of hydrogen-bond donors (Lipinski definition) is 0. The molecular weight excluding hydrogens is 372 g/mol. The van der Waals surface area contributed by atoms with Crippen LogP contribution in [0.4, 0.5) is 0 Å². The van der Waals surface area contributed by atoms with E-state index in [1.165, 1.54) is 7.11 Å². The molecule has 0 atom stereocenters. The van der Waals surface area contributed by atoms with Gasteiger partial charge in [0.15, 0.2) is 5.76 Å². The Bertz CT molecular complexity index is 803. The predicted octanol–water partition coefficient (Wildman–Crippen LogP) is 4.85. The van der Waals surface area contributed by atoms with Gasteiger partial charge in [-0.15, -0.1) is 0 Å². The molecule has 1 heterocycles. The lowest BCUT2D eigenvalue weighted by Crippen LogP contribution is -2.05. The fourth-order valence-corrected chi connectivity index (χ4v) is 2.70. The van der Waals surface area contributed by atoms with Crippen molar-refractivity contribution in [1.82, 2.24) is 5.16 Å². The SMILES string of the molecule is C/C=C/COc1cc(C)c(OCCCCOc2cc(/C(C)=N/OC)on2)c(C)c1. The van der Waals surface area contributed by atoms with E-state index >= 15 is 0 Å². The molecule has 0 fully saturated rings. The van der Waals surface area contributed by atoms with Crippen molar-refractivity contribution in [3.05, 3.63) is 47.2 Å². The highest BCUT2D eigenvalue weighted by atomic mass is 16.6. The number of oxime groups is 1. The minimum absolute atomic E-state index is 0.437. The number of hydrogen-bond acceptors (Lipinski definition) is 7. The maximum absolute atomic E-state index is 5.97. The first-order valence-electron chi connectivity index (χ1n) is 9.70. The van der Waals surface area contributed by atoms with E-state index in [1.54, 1.807) is 13.0 Å². The van der Waals surface area contributed by atoms with Gasteiger partial charge >= 0.3 is 0 Å². The molecule has 0 saturated carbocycles. The number of ether oxygens (including phenoxy) is 3. The van der Waals surface area contributed by atoms with E-state index in [0.29, 0.717) is 37.2 Å². The van der Waals surface area contributed by atoms with Gasteiger partial charge in [-0.2, -0.15) is 0 Å². The summed E-state index contributed by atoms with van der Waals surface area (Å²) in [5.74, 6) is 2.73. The molecule has 0 unspecified atom stereocenters. The molecule has 158 valence electrons. The Morgan fingerprint density at radius 2 is 1.76 bits per heavy atom. The Kier molecular flexibility index (Phi) is 9.08. The van der Waals surface area contributed by atoms with Crippen LogP contribution in [0.3, 0.4) is 0 Å². The minimum atomic E-state index is 0.437. The lowest BCUT2D eigenvalue weighted by atomic mass is 10.1. The summed E-state index contributed by atoms with van der Waals surface area (Å²) < 4.78 is 22.4. The van der Waals surface area contributed by atoms with E-state index in [1.807, 2.05) is 45.1 Å². The van der Waals surface area contributed by atoms with E-state index in [0.717, 1.165) is 35.5 Å². The average molecular weight is 402 g/mol. The van der Waals surface area contributed by atoms with Crippen molar-refractivity contribution in [2.45, 2.75) is 40.5 Å². The number of rotatable bonds is 12. The van der Waals surface area contributed by atoms with Crippen molar-refractivity contribution in [3.63, 3.8) is 0 Å². The van der Waals surface area contributed by atoms with E-state index in [4.69, 9.17) is 23.6 Å². The van der Waals surface area contributed by atoms with E-state index in [9.17, 15) is 0 Å². The van der Waals surface area contributed by atoms with Gasteiger partial charge in [-0.05, 0) is 69.0 Å². The highest BCUT2D eigenvalue weighted by molar-refractivity contribution is 5.95. The zero-order valence-corrected chi connectivity index (χ0v) is 17.9. The molecule has 0 aliphatic carbocycles. The Labute approximate surface area is 172 Å². The molecule has 7 heteroatoms. The van der Waals surface area contributed by atoms with Crippen LogP contribution in [0.15, 0.2) is 40.0 Å². The van der Waals surface area contributed by atoms with Crippen LogP contribution in [0.1, 0.15) is 43.6 Å². The van der Waals surface area contributed by atoms with Crippen LogP contribution in [-0.4, -0.2) is 37.8 Å². The number of unbranched alkanes of at least 4 members (excludes halogenated alkanes) is 1. The number of aryl methyl sites for hydroxylation is 2. The van der Waals surface area contributed by atoms with Crippen LogP contribution in [0.25, 0.3) is 0 Å². The van der Waals surface area contributed by atoms with Gasteiger partial charge < -0.3 is 23.6 Å². The second-order valence-corrected chi connectivity index (χ2v) is 6.56. The summed E-state index contributed by atoms with van der Waals surface area (Å²) in [4.78, 5) is 4.71. The van der Waals surface area contributed by atoms with E-state index < -0.39 is 0 Å². The third-order valence-corrected chi connectivity index (χ3v) is 4.12. The summed E-state index contributed by atoms with van der Waals surface area (Å²) in [7, 11) is 1.48. The first kappa shape index (κ1) is 22.3. The van der Waals surface area contributed by atoms with Crippen LogP contribution < -0.4 is 14.2 Å². The first-order valence-corrected chi connectivity index (χ1v) is 9.70. The molecule has 0 N–H and O–H groups in total. The van der Waals surface area contributed by atoms with Gasteiger partial charge in [0, 0.05) is 0 Å². The van der Waals surface area contributed by atoms with Crippen LogP contribution in [0.5, 0.6) is 17.4 Å². The summed E-state index contributed by atoms with van der Waals surface area (Å²) in [6, 6.07) is 5.71. The number of nitrogens with zero attached hydrogens (tertiary/aromatic N) is 2. The van der Waals surface area contributed by atoms with Crippen molar-refractivity contribution < 1.29 is 23.6 Å². The first-order chi connectivity index (χ1) is 14.0. The molecule has 29 heavy (non-hydrogen) atoms. The number of benzene rings is 1. The maximum Gasteiger partial charge on any atom is 0.254 e. The van der Waals surface area contributed by atoms with Crippen LogP contribution in [0.2, 0.25) is 0 Å². The normalized spacial score (nSPS) is 11.7. The predicted molar refractivity (Wildman–Crippen MR) is 112 cm³/mol. The quantitative estimate of drug-likeness (QED) is 0.219. The van der Waals surface area contributed by atoms with Crippen molar-refractivity contribution in [3.8, 4) is 17.4 Å². The second-order valence-electron chi connectivity index (χ2n) is 6.56. The standard InChI is InChI=1S/C22H30N2O5/c1-6-7-10-26-19-13-16(2)22(17(3)14-19)28-12-9-8-11-27-21-15-20(29-24-21)18(4)23-25-5/h6-7,13-15H,8-12H2,1-5H3/b7-6+,23-18+. The molecule has 0 aliphatic rings. The third kappa shape index (κ3) is 7.18. The lowest BCUT2D eigenvalue weighted by molar-refractivity contribution is 0.212. The average Bonchev–Trinajstić information content (AvgIpc) is 3.16. The summed E-state index contributed by atoms with van der Waals surface area (Å²) in [5, 5.41) is 7.66. The van der Waals surface area contributed by atoms with Gasteiger partial charge in [-0.3, -0.25) is 0 Å². The molecule has 0 bridgehead atoms. The summed E-state index contributed by atoms with van der Waals surface area (Å²) in [6.07, 6.45) is 5.66. The Morgan fingerprint density at radius 1 is 1.07 bits per heavy atom. The van der Waals surface area contributed by atoms with Crippen molar-refractivity contribution in [2.24, 2.45) is 5.16 Å². The van der Waals surface area contributed by atoms with Crippen LogP contribution in [0, 0.1) is 13.8 Å². The fourth-order valence-electron chi connectivity index (χ4n) is 2.70. The highest BCUT2D eigenvalue weighted by Crippen LogP contribution is 2.28.